The largest absolute Gasteiger partial charge is 0.325 e. The van der Waals surface area contributed by atoms with Crippen LogP contribution in [0.1, 0.15) is 11.1 Å². The fourth-order valence-electron chi connectivity index (χ4n) is 1.85. The van der Waals surface area contributed by atoms with Gasteiger partial charge < -0.3 is 10.6 Å². The van der Waals surface area contributed by atoms with Crippen molar-refractivity contribution in [1.29, 1.82) is 0 Å². The van der Waals surface area contributed by atoms with E-state index in [-0.39, 0.29) is 12.5 Å². The summed E-state index contributed by atoms with van der Waals surface area (Å²) in [6, 6.07) is 15.4. The first-order chi connectivity index (χ1) is 9.66. The Morgan fingerprint density at radius 3 is 2.60 bits per heavy atom. The van der Waals surface area contributed by atoms with Gasteiger partial charge in [-0.3, -0.25) is 4.79 Å². The van der Waals surface area contributed by atoms with Gasteiger partial charge in [-0.25, -0.2) is 0 Å². The molecular weight excluding hydrogens is 272 g/mol. The molecule has 4 heteroatoms. The van der Waals surface area contributed by atoms with E-state index in [1.54, 1.807) is 6.07 Å². The minimum atomic E-state index is -0.0775. The van der Waals surface area contributed by atoms with Gasteiger partial charge in [-0.15, -0.1) is 0 Å². The van der Waals surface area contributed by atoms with Crippen LogP contribution in [0.15, 0.2) is 48.5 Å². The number of rotatable bonds is 5. The maximum absolute atomic E-state index is 11.8. The number of amides is 1. The molecule has 0 unspecified atom stereocenters. The van der Waals surface area contributed by atoms with E-state index in [0.717, 1.165) is 16.8 Å². The zero-order valence-electron chi connectivity index (χ0n) is 11.3. The van der Waals surface area contributed by atoms with Gasteiger partial charge in [0.2, 0.25) is 5.91 Å². The summed E-state index contributed by atoms with van der Waals surface area (Å²) in [4.78, 5) is 11.8. The predicted molar refractivity (Wildman–Crippen MR) is 83.0 cm³/mol. The van der Waals surface area contributed by atoms with Crippen molar-refractivity contribution in [2.45, 2.75) is 13.5 Å². The van der Waals surface area contributed by atoms with Crippen LogP contribution in [0.2, 0.25) is 5.02 Å². The topological polar surface area (TPSA) is 41.1 Å². The molecule has 0 radical (unpaired) electrons. The summed E-state index contributed by atoms with van der Waals surface area (Å²) in [7, 11) is 0. The van der Waals surface area contributed by atoms with Gasteiger partial charge in [0.05, 0.1) is 6.54 Å². The lowest BCUT2D eigenvalue weighted by Gasteiger charge is -2.10. The van der Waals surface area contributed by atoms with Crippen molar-refractivity contribution in [2.75, 3.05) is 11.9 Å². The van der Waals surface area contributed by atoms with Crippen molar-refractivity contribution < 1.29 is 4.79 Å². The van der Waals surface area contributed by atoms with E-state index in [2.05, 4.69) is 10.6 Å². The zero-order valence-corrected chi connectivity index (χ0v) is 12.1. The molecule has 2 N–H and O–H groups in total. The standard InChI is InChI=1S/C16H17ClN2O/c1-12-14(17)8-5-9-15(12)19-16(20)11-18-10-13-6-3-2-4-7-13/h2-9,18H,10-11H2,1H3,(H,19,20). The molecule has 0 saturated heterocycles. The van der Waals surface area contributed by atoms with Crippen LogP contribution in [0.25, 0.3) is 0 Å². The normalized spacial score (nSPS) is 10.3. The molecule has 20 heavy (non-hydrogen) atoms. The molecule has 0 aliphatic carbocycles. The van der Waals surface area contributed by atoms with Crippen LogP contribution < -0.4 is 10.6 Å². The number of hydrogen-bond acceptors (Lipinski definition) is 2. The highest BCUT2D eigenvalue weighted by Gasteiger charge is 2.06. The Hall–Kier alpha value is -1.84. The highest BCUT2D eigenvalue weighted by Crippen LogP contribution is 2.22. The van der Waals surface area contributed by atoms with Crippen LogP contribution in [0.5, 0.6) is 0 Å². The first-order valence-electron chi connectivity index (χ1n) is 6.46. The Morgan fingerprint density at radius 2 is 1.85 bits per heavy atom. The smallest absolute Gasteiger partial charge is 0.238 e. The number of carbonyl (C=O) groups is 1. The monoisotopic (exact) mass is 288 g/mol. The number of halogens is 1. The summed E-state index contributed by atoms with van der Waals surface area (Å²) in [5.41, 5.74) is 2.79. The van der Waals surface area contributed by atoms with E-state index in [1.807, 2.05) is 49.4 Å². The molecular formula is C16H17ClN2O. The van der Waals surface area contributed by atoms with Gasteiger partial charge in [-0.05, 0) is 30.2 Å². The van der Waals surface area contributed by atoms with Crippen molar-refractivity contribution in [1.82, 2.24) is 5.32 Å². The average molecular weight is 289 g/mol. The fraction of sp³-hybridized carbons (Fsp3) is 0.188. The quantitative estimate of drug-likeness (QED) is 0.885. The van der Waals surface area contributed by atoms with Gasteiger partial charge in [0.15, 0.2) is 0 Å². The maximum atomic E-state index is 11.8. The van der Waals surface area contributed by atoms with E-state index in [0.29, 0.717) is 11.6 Å². The molecule has 2 aromatic carbocycles. The predicted octanol–water partition coefficient (Wildman–Crippen LogP) is 3.38. The van der Waals surface area contributed by atoms with E-state index >= 15 is 0 Å². The first-order valence-corrected chi connectivity index (χ1v) is 6.84. The molecule has 0 aromatic heterocycles. The third-order valence-electron chi connectivity index (χ3n) is 3.00. The molecule has 0 heterocycles. The minimum absolute atomic E-state index is 0.0775. The number of nitrogens with one attached hydrogen (secondary N) is 2. The van der Waals surface area contributed by atoms with Crippen molar-refractivity contribution in [3.8, 4) is 0 Å². The van der Waals surface area contributed by atoms with Crippen LogP contribution in [-0.2, 0) is 11.3 Å². The minimum Gasteiger partial charge on any atom is -0.325 e. The van der Waals surface area contributed by atoms with Crippen molar-refractivity contribution in [2.24, 2.45) is 0 Å². The van der Waals surface area contributed by atoms with Crippen LogP contribution in [0, 0.1) is 6.92 Å². The Balaban J connectivity index is 1.82. The van der Waals surface area contributed by atoms with Crippen LogP contribution in [0.4, 0.5) is 5.69 Å². The number of hydrogen-bond donors (Lipinski definition) is 2. The van der Waals surface area contributed by atoms with Gasteiger partial charge in [-0.1, -0.05) is 48.0 Å². The Morgan fingerprint density at radius 1 is 1.10 bits per heavy atom. The van der Waals surface area contributed by atoms with E-state index < -0.39 is 0 Å². The lowest BCUT2D eigenvalue weighted by atomic mass is 10.2. The lowest BCUT2D eigenvalue weighted by molar-refractivity contribution is -0.115. The molecule has 0 aliphatic rings. The summed E-state index contributed by atoms with van der Waals surface area (Å²) in [6.07, 6.45) is 0. The van der Waals surface area contributed by atoms with Crippen molar-refractivity contribution in [3.05, 3.63) is 64.7 Å². The first kappa shape index (κ1) is 14.6. The summed E-state index contributed by atoms with van der Waals surface area (Å²) < 4.78 is 0. The average Bonchev–Trinajstić information content (AvgIpc) is 2.45. The highest BCUT2D eigenvalue weighted by molar-refractivity contribution is 6.31. The van der Waals surface area contributed by atoms with Crippen LogP contribution >= 0.6 is 11.6 Å². The summed E-state index contributed by atoms with van der Waals surface area (Å²) in [6.45, 7) is 2.82. The molecule has 0 aliphatic heterocycles. The SMILES string of the molecule is Cc1c(Cl)cccc1NC(=O)CNCc1ccccc1. The van der Waals surface area contributed by atoms with Gasteiger partial charge >= 0.3 is 0 Å². The van der Waals surface area contributed by atoms with Gasteiger partial charge in [0.25, 0.3) is 0 Å². The second-order valence-electron chi connectivity index (χ2n) is 4.55. The molecule has 0 spiro atoms. The molecule has 104 valence electrons. The highest BCUT2D eigenvalue weighted by atomic mass is 35.5. The van der Waals surface area contributed by atoms with Crippen molar-refractivity contribution >= 4 is 23.2 Å². The Bertz CT molecular complexity index is 584. The van der Waals surface area contributed by atoms with E-state index in [9.17, 15) is 4.79 Å². The van der Waals surface area contributed by atoms with Gasteiger partial charge in [0, 0.05) is 17.3 Å². The fourth-order valence-corrected chi connectivity index (χ4v) is 2.03. The third-order valence-corrected chi connectivity index (χ3v) is 3.41. The second kappa shape index (κ2) is 7.08. The Labute approximate surface area is 124 Å². The summed E-state index contributed by atoms with van der Waals surface area (Å²) in [5, 5.41) is 6.61. The van der Waals surface area contributed by atoms with Crippen molar-refractivity contribution in [3.63, 3.8) is 0 Å². The molecule has 2 aromatic rings. The molecule has 0 bridgehead atoms. The maximum Gasteiger partial charge on any atom is 0.238 e. The second-order valence-corrected chi connectivity index (χ2v) is 4.96. The molecule has 0 saturated carbocycles. The van der Waals surface area contributed by atoms with E-state index in [4.69, 9.17) is 11.6 Å². The molecule has 1 amide bonds. The summed E-state index contributed by atoms with van der Waals surface area (Å²) >= 11 is 6.01. The Kier molecular flexibility index (Phi) is 5.16. The molecule has 2 rings (SSSR count). The zero-order chi connectivity index (χ0) is 14.4. The van der Waals surface area contributed by atoms with Crippen LogP contribution in [-0.4, -0.2) is 12.5 Å². The number of carbonyl (C=O) groups excluding carboxylic acids is 1. The van der Waals surface area contributed by atoms with Gasteiger partial charge in [0.1, 0.15) is 0 Å². The molecule has 0 atom stereocenters. The molecule has 0 fully saturated rings. The summed E-state index contributed by atoms with van der Waals surface area (Å²) in [5.74, 6) is -0.0775. The van der Waals surface area contributed by atoms with Gasteiger partial charge in [-0.2, -0.15) is 0 Å². The third kappa shape index (κ3) is 4.08. The lowest BCUT2D eigenvalue weighted by Crippen LogP contribution is -2.27. The molecule has 3 nitrogen and oxygen atoms in total. The number of benzene rings is 2. The van der Waals surface area contributed by atoms with Crippen LogP contribution in [0.3, 0.4) is 0 Å². The number of anilines is 1. The van der Waals surface area contributed by atoms with E-state index in [1.165, 1.54) is 0 Å².